The van der Waals surface area contributed by atoms with Crippen LogP contribution in [0.25, 0.3) is 11.4 Å². The molecule has 0 radical (unpaired) electrons. The molecule has 1 aliphatic rings. The first kappa shape index (κ1) is 18.5. The average molecular weight is 421 g/mol. The molecule has 140 valence electrons. The van der Waals surface area contributed by atoms with Gasteiger partial charge in [-0.15, -0.1) is 21.5 Å². The van der Waals surface area contributed by atoms with Gasteiger partial charge in [-0.1, -0.05) is 41.8 Å². The zero-order chi connectivity index (χ0) is 19.0. The number of hydrogen-bond donors (Lipinski definition) is 1. The van der Waals surface area contributed by atoms with Crippen molar-refractivity contribution >= 4 is 46.1 Å². The highest BCUT2D eigenvalue weighted by molar-refractivity contribution is 7.20. The van der Waals surface area contributed by atoms with E-state index in [2.05, 4.69) is 20.1 Å². The maximum absolute atomic E-state index is 12.6. The van der Waals surface area contributed by atoms with Crippen molar-refractivity contribution in [2.45, 2.75) is 39.2 Å². The molecule has 0 saturated carbocycles. The van der Waals surface area contributed by atoms with Gasteiger partial charge in [-0.05, 0) is 37.5 Å². The third-order valence-electron chi connectivity index (χ3n) is 4.75. The minimum absolute atomic E-state index is 0.275. The Morgan fingerprint density at radius 1 is 1.19 bits per heavy atom. The molecule has 0 saturated heterocycles. The Morgan fingerprint density at radius 3 is 2.81 bits per heavy atom. The van der Waals surface area contributed by atoms with Crippen LogP contribution in [-0.2, 0) is 13.0 Å². The van der Waals surface area contributed by atoms with Gasteiger partial charge in [-0.3, -0.25) is 4.79 Å². The van der Waals surface area contributed by atoms with Crippen LogP contribution in [-0.4, -0.2) is 20.7 Å². The minimum atomic E-state index is -0.275. The Hall–Kier alpha value is -1.89. The zero-order valence-electron chi connectivity index (χ0n) is 14.8. The molecule has 0 aliphatic carbocycles. The predicted octanol–water partition coefficient (Wildman–Crippen LogP) is 5.60. The number of fused-ring (bicyclic) bond motifs is 1. The van der Waals surface area contributed by atoms with Gasteiger partial charge in [0.05, 0.1) is 9.90 Å². The number of nitrogens with zero attached hydrogens (tertiary/aromatic N) is 3. The third kappa shape index (κ3) is 3.74. The van der Waals surface area contributed by atoms with E-state index in [4.69, 9.17) is 23.2 Å². The Balaban J connectivity index is 1.65. The van der Waals surface area contributed by atoms with Gasteiger partial charge < -0.3 is 9.88 Å². The number of halogens is 2. The molecule has 1 amide bonds. The van der Waals surface area contributed by atoms with Crippen LogP contribution >= 0.6 is 34.5 Å². The van der Waals surface area contributed by atoms with Crippen LogP contribution in [0, 0.1) is 6.92 Å². The summed E-state index contributed by atoms with van der Waals surface area (Å²) in [7, 11) is 0. The normalized spacial score (nSPS) is 13.9. The van der Waals surface area contributed by atoms with Gasteiger partial charge in [0.25, 0.3) is 5.91 Å². The molecule has 8 heteroatoms. The van der Waals surface area contributed by atoms with Crippen molar-refractivity contribution in [2.24, 2.45) is 0 Å². The Bertz CT molecular complexity index is 1010. The molecule has 0 spiro atoms. The topological polar surface area (TPSA) is 59.8 Å². The lowest BCUT2D eigenvalue weighted by Crippen LogP contribution is -2.12. The van der Waals surface area contributed by atoms with Crippen molar-refractivity contribution in [3.63, 3.8) is 0 Å². The molecule has 27 heavy (non-hydrogen) atoms. The van der Waals surface area contributed by atoms with Gasteiger partial charge in [-0.2, -0.15) is 0 Å². The van der Waals surface area contributed by atoms with E-state index in [1.807, 2.05) is 25.1 Å². The highest BCUT2D eigenvalue weighted by Crippen LogP contribution is 2.32. The maximum atomic E-state index is 12.6. The van der Waals surface area contributed by atoms with E-state index >= 15 is 0 Å². The van der Waals surface area contributed by atoms with Crippen molar-refractivity contribution in [1.82, 2.24) is 14.8 Å². The molecule has 4 rings (SSSR count). The monoisotopic (exact) mass is 420 g/mol. The van der Waals surface area contributed by atoms with Crippen LogP contribution < -0.4 is 5.32 Å². The first-order valence-corrected chi connectivity index (χ1v) is 10.4. The Labute approximate surface area is 171 Å². The molecule has 0 fully saturated rings. The standard InChI is InChI=1S/C19H18Cl2N4OS/c1-11-6-7-12(18-24-23-16-5-3-2-4-8-25(16)18)9-14(11)22-19(26)13-10-15(20)27-17(13)21/h6-7,9-10H,2-5,8H2,1H3,(H,22,26). The molecule has 0 bridgehead atoms. The summed E-state index contributed by atoms with van der Waals surface area (Å²) in [5.41, 5.74) is 3.00. The van der Waals surface area contributed by atoms with Crippen LogP contribution in [0.15, 0.2) is 24.3 Å². The highest BCUT2D eigenvalue weighted by Gasteiger charge is 2.18. The lowest BCUT2D eigenvalue weighted by Gasteiger charge is -2.12. The van der Waals surface area contributed by atoms with Gasteiger partial charge in [-0.25, -0.2) is 0 Å². The second-order valence-electron chi connectivity index (χ2n) is 6.62. The number of aromatic nitrogens is 3. The maximum Gasteiger partial charge on any atom is 0.258 e. The number of benzene rings is 1. The van der Waals surface area contributed by atoms with Gasteiger partial charge in [0, 0.05) is 24.2 Å². The van der Waals surface area contributed by atoms with Crippen molar-refractivity contribution < 1.29 is 4.79 Å². The molecule has 3 aromatic rings. The van der Waals surface area contributed by atoms with Crippen LogP contribution in [0.2, 0.25) is 8.67 Å². The summed E-state index contributed by atoms with van der Waals surface area (Å²) < 4.78 is 3.06. The van der Waals surface area contributed by atoms with E-state index in [-0.39, 0.29) is 5.91 Å². The van der Waals surface area contributed by atoms with E-state index in [0.29, 0.717) is 14.2 Å². The smallest absolute Gasteiger partial charge is 0.258 e. The number of nitrogens with one attached hydrogen (secondary N) is 1. The van der Waals surface area contributed by atoms with E-state index in [1.165, 1.54) is 17.8 Å². The second kappa shape index (κ2) is 7.62. The first-order valence-electron chi connectivity index (χ1n) is 8.82. The molecule has 3 heterocycles. The number of anilines is 1. The number of aryl methyl sites for hydroxylation is 2. The van der Waals surface area contributed by atoms with E-state index in [9.17, 15) is 4.79 Å². The average Bonchev–Trinajstić information content (AvgIpc) is 3.10. The second-order valence-corrected chi connectivity index (χ2v) is 8.91. The van der Waals surface area contributed by atoms with Crippen LogP contribution in [0.4, 0.5) is 5.69 Å². The largest absolute Gasteiger partial charge is 0.322 e. The van der Waals surface area contributed by atoms with Crippen LogP contribution in [0.3, 0.4) is 0 Å². The number of rotatable bonds is 3. The number of amides is 1. The fourth-order valence-corrected chi connectivity index (χ4v) is 4.74. The number of carbonyl (C=O) groups is 1. The summed E-state index contributed by atoms with van der Waals surface area (Å²) in [4.78, 5) is 12.6. The lowest BCUT2D eigenvalue weighted by atomic mass is 10.1. The van der Waals surface area contributed by atoms with Gasteiger partial charge in [0.15, 0.2) is 5.82 Å². The van der Waals surface area contributed by atoms with Gasteiger partial charge >= 0.3 is 0 Å². The lowest BCUT2D eigenvalue weighted by molar-refractivity contribution is 0.102. The fourth-order valence-electron chi connectivity index (χ4n) is 3.28. The molecule has 0 atom stereocenters. The highest BCUT2D eigenvalue weighted by atomic mass is 35.5. The Morgan fingerprint density at radius 2 is 2.04 bits per heavy atom. The summed E-state index contributed by atoms with van der Waals surface area (Å²) >= 11 is 13.2. The first-order chi connectivity index (χ1) is 13.0. The van der Waals surface area contributed by atoms with E-state index < -0.39 is 0 Å². The molecule has 1 N–H and O–H groups in total. The summed E-state index contributed by atoms with van der Waals surface area (Å²) in [5.74, 6) is 1.61. The number of carbonyl (C=O) groups excluding carboxylic acids is 1. The third-order valence-corrected chi connectivity index (χ3v) is 6.24. The summed E-state index contributed by atoms with van der Waals surface area (Å²) in [5, 5.41) is 11.7. The Kier molecular flexibility index (Phi) is 5.21. The fraction of sp³-hybridized carbons (Fsp3) is 0.316. The van der Waals surface area contributed by atoms with Crippen LogP contribution in [0.1, 0.15) is 41.0 Å². The molecule has 1 aliphatic heterocycles. The van der Waals surface area contributed by atoms with Crippen molar-refractivity contribution in [3.8, 4) is 11.4 Å². The molecular weight excluding hydrogens is 403 g/mol. The van der Waals surface area contributed by atoms with Gasteiger partial charge in [0.2, 0.25) is 0 Å². The summed E-state index contributed by atoms with van der Waals surface area (Å²) in [6.07, 6.45) is 4.45. The molecule has 1 aromatic carbocycles. The van der Waals surface area contributed by atoms with Crippen molar-refractivity contribution in [1.29, 1.82) is 0 Å². The zero-order valence-corrected chi connectivity index (χ0v) is 17.1. The number of hydrogen-bond acceptors (Lipinski definition) is 4. The van der Waals surface area contributed by atoms with E-state index in [1.54, 1.807) is 6.07 Å². The van der Waals surface area contributed by atoms with E-state index in [0.717, 1.165) is 54.3 Å². The minimum Gasteiger partial charge on any atom is -0.322 e. The molecule has 0 unspecified atom stereocenters. The summed E-state index contributed by atoms with van der Waals surface area (Å²) in [6.45, 7) is 2.88. The van der Waals surface area contributed by atoms with Crippen molar-refractivity contribution in [2.75, 3.05) is 5.32 Å². The molecular formula is C19H18Cl2N4OS. The molecule has 2 aromatic heterocycles. The van der Waals surface area contributed by atoms with Crippen molar-refractivity contribution in [3.05, 3.63) is 49.9 Å². The van der Waals surface area contributed by atoms with Gasteiger partial charge in [0.1, 0.15) is 10.2 Å². The van der Waals surface area contributed by atoms with Crippen LogP contribution in [0.5, 0.6) is 0 Å². The number of thiophene rings is 1. The summed E-state index contributed by atoms with van der Waals surface area (Å²) in [6, 6.07) is 7.52. The SMILES string of the molecule is Cc1ccc(-c2nnc3n2CCCCC3)cc1NC(=O)c1cc(Cl)sc1Cl. The predicted molar refractivity (Wildman–Crippen MR) is 110 cm³/mol. The quantitative estimate of drug-likeness (QED) is 0.599. The molecule has 5 nitrogen and oxygen atoms in total.